The quantitative estimate of drug-likeness (QED) is 0.732. The summed E-state index contributed by atoms with van der Waals surface area (Å²) < 4.78 is 2.08. The van der Waals surface area contributed by atoms with Crippen LogP contribution >= 0.6 is 22.6 Å². The van der Waals surface area contributed by atoms with Gasteiger partial charge >= 0.3 is 0 Å². The lowest BCUT2D eigenvalue weighted by Gasteiger charge is -1.98. The van der Waals surface area contributed by atoms with E-state index in [2.05, 4.69) is 63.9 Å². The molecule has 0 aliphatic carbocycles. The van der Waals surface area contributed by atoms with Crippen LogP contribution in [0.3, 0.4) is 0 Å². The topological polar surface area (TPSA) is 0 Å². The van der Waals surface area contributed by atoms with E-state index >= 15 is 0 Å². The first-order chi connectivity index (χ1) is 5.83. The second kappa shape index (κ2) is 5.36. The summed E-state index contributed by atoms with van der Waals surface area (Å²) in [6.45, 7) is 2.14. The average Bonchev–Trinajstić information content (AvgIpc) is 2.05. The Labute approximate surface area is 87.8 Å². The van der Waals surface area contributed by atoms with Crippen LogP contribution in [0.4, 0.5) is 0 Å². The molecule has 1 rings (SSSR count). The first-order valence-electron chi connectivity index (χ1n) is 4.13. The fraction of sp³-hybridized carbons (Fsp3) is 0.273. The molecule has 0 amide bonds. The van der Waals surface area contributed by atoms with Crippen LogP contribution in [-0.2, 0) is 6.42 Å². The zero-order chi connectivity index (χ0) is 8.81. The molecule has 0 atom stereocenters. The van der Waals surface area contributed by atoms with Gasteiger partial charge in [-0.3, -0.25) is 0 Å². The third-order valence-electron chi connectivity index (χ3n) is 1.77. The van der Waals surface area contributed by atoms with Crippen LogP contribution in [0.1, 0.15) is 17.5 Å². The Hall–Kier alpha value is -0.310. The van der Waals surface area contributed by atoms with Crippen LogP contribution in [-0.4, -0.2) is 0 Å². The molecule has 64 valence electrons. The van der Waals surface area contributed by atoms with E-state index in [0.29, 0.717) is 0 Å². The molecule has 0 radical (unpaired) electrons. The monoisotopic (exact) mass is 272 g/mol. The van der Waals surface area contributed by atoms with E-state index in [1.807, 2.05) is 0 Å². The highest BCUT2D eigenvalue weighted by molar-refractivity contribution is 14.1. The average molecular weight is 272 g/mol. The van der Waals surface area contributed by atoms with E-state index in [1.165, 1.54) is 11.1 Å². The SMILES string of the molecule is Cc1cccc(CC/C=C/I)c1. The molecule has 12 heavy (non-hydrogen) atoms. The van der Waals surface area contributed by atoms with Gasteiger partial charge < -0.3 is 0 Å². The number of aryl methyl sites for hydroxylation is 2. The first kappa shape index (κ1) is 9.78. The van der Waals surface area contributed by atoms with Crippen molar-refractivity contribution in [2.75, 3.05) is 0 Å². The van der Waals surface area contributed by atoms with Gasteiger partial charge in [-0.25, -0.2) is 0 Å². The van der Waals surface area contributed by atoms with Crippen molar-refractivity contribution in [2.24, 2.45) is 0 Å². The highest BCUT2D eigenvalue weighted by Crippen LogP contribution is 2.06. The van der Waals surface area contributed by atoms with Gasteiger partial charge in [0.1, 0.15) is 0 Å². The summed E-state index contributed by atoms with van der Waals surface area (Å²) in [5.74, 6) is 0. The van der Waals surface area contributed by atoms with Gasteiger partial charge in [-0.2, -0.15) is 0 Å². The summed E-state index contributed by atoms with van der Waals surface area (Å²) in [6.07, 6.45) is 4.50. The van der Waals surface area contributed by atoms with Gasteiger partial charge in [0.05, 0.1) is 0 Å². The van der Waals surface area contributed by atoms with Gasteiger partial charge in [-0.1, -0.05) is 58.5 Å². The number of hydrogen-bond donors (Lipinski definition) is 0. The third kappa shape index (κ3) is 3.39. The van der Waals surface area contributed by atoms with Crippen LogP contribution in [0.2, 0.25) is 0 Å². The van der Waals surface area contributed by atoms with E-state index in [4.69, 9.17) is 0 Å². The normalized spacial score (nSPS) is 10.8. The minimum absolute atomic E-state index is 1.15. The van der Waals surface area contributed by atoms with Crippen molar-refractivity contribution >= 4 is 22.6 Å². The molecule has 1 heteroatoms. The zero-order valence-corrected chi connectivity index (χ0v) is 9.41. The van der Waals surface area contributed by atoms with Gasteiger partial charge in [0.25, 0.3) is 0 Å². The molecule has 0 saturated heterocycles. The summed E-state index contributed by atoms with van der Waals surface area (Å²) in [7, 11) is 0. The van der Waals surface area contributed by atoms with Crippen LogP contribution in [0, 0.1) is 6.92 Å². The van der Waals surface area contributed by atoms with Crippen molar-refractivity contribution in [2.45, 2.75) is 19.8 Å². The molecule has 0 aromatic heterocycles. The van der Waals surface area contributed by atoms with Gasteiger partial charge in [-0.05, 0) is 29.4 Å². The Morgan fingerprint density at radius 3 is 2.92 bits per heavy atom. The molecule has 0 aliphatic rings. The fourth-order valence-corrected chi connectivity index (χ4v) is 1.54. The van der Waals surface area contributed by atoms with Gasteiger partial charge in [0.2, 0.25) is 0 Å². The molecule has 1 aromatic rings. The molecule has 0 heterocycles. The second-order valence-corrected chi connectivity index (χ2v) is 3.61. The number of rotatable bonds is 3. The maximum Gasteiger partial charge on any atom is -0.0244 e. The molecule has 0 saturated carbocycles. The van der Waals surface area contributed by atoms with E-state index in [-0.39, 0.29) is 0 Å². The van der Waals surface area contributed by atoms with Crippen LogP contribution in [0.15, 0.2) is 34.4 Å². The Kier molecular flexibility index (Phi) is 4.36. The Morgan fingerprint density at radius 1 is 1.42 bits per heavy atom. The first-order valence-corrected chi connectivity index (χ1v) is 5.38. The van der Waals surface area contributed by atoms with E-state index in [0.717, 1.165) is 12.8 Å². The Balaban J connectivity index is 2.52. The number of allylic oxidation sites excluding steroid dienone is 1. The number of hydrogen-bond acceptors (Lipinski definition) is 0. The highest BCUT2D eigenvalue weighted by Gasteiger charge is 1.90. The standard InChI is InChI=1S/C11H13I/c1-10-5-4-7-11(9-10)6-2-3-8-12/h3-5,7-9H,2,6H2,1H3/b8-3+. The van der Waals surface area contributed by atoms with Crippen LogP contribution in [0.5, 0.6) is 0 Å². The molecule has 0 N–H and O–H groups in total. The van der Waals surface area contributed by atoms with Gasteiger partial charge in [-0.15, -0.1) is 0 Å². The maximum absolute atomic E-state index is 2.26. The summed E-state index contributed by atoms with van der Waals surface area (Å²) in [6, 6.07) is 8.70. The summed E-state index contributed by atoms with van der Waals surface area (Å²) in [5.41, 5.74) is 2.79. The van der Waals surface area contributed by atoms with Crippen molar-refractivity contribution in [3.63, 3.8) is 0 Å². The van der Waals surface area contributed by atoms with E-state index in [9.17, 15) is 0 Å². The van der Waals surface area contributed by atoms with Crippen molar-refractivity contribution in [3.05, 3.63) is 45.6 Å². The van der Waals surface area contributed by atoms with Crippen LogP contribution < -0.4 is 0 Å². The van der Waals surface area contributed by atoms with Crippen molar-refractivity contribution < 1.29 is 0 Å². The molecule has 0 spiro atoms. The molecule has 0 bridgehead atoms. The predicted molar refractivity (Wildman–Crippen MR) is 62.7 cm³/mol. The molecule has 0 fully saturated rings. The van der Waals surface area contributed by atoms with Gasteiger partial charge in [0, 0.05) is 0 Å². The minimum atomic E-state index is 1.15. The van der Waals surface area contributed by atoms with Crippen molar-refractivity contribution in [3.8, 4) is 0 Å². The molecular formula is C11H13I. The largest absolute Gasteiger partial charge is 0.0781 e. The molecule has 0 nitrogen and oxygen atoms in total. The second-order valence-electron chi connectivity index (χ2n) is 2.89. The van der Waals surface area contributed by atoms with Crippen LogP contribution in [0.25, 0.3) is 0 Å². The lowest BCUT2D eigenvalue weighted by molar-refractivity contribution is 1.00. The van der Waals surface area contributed by atoms with Crippen molar-refractivity contribution in [1.82, 2.24) is 0 Å². The maximum atomic E-state index is 2.26. The third-order valence-corrected chi connectivity index (χ3v) is 2.28. The van der Waals surface area contributed by atoms with Crippen molar-refractivity contribution in [1.29, 1.82) is 0 Å². The summed E-state index contributed by atoms with van der Waals surface area (Å²) >= 11 is 2.26. The zero-order valence-electron chi connectivity index (χ0n) is 7.26. The fourth-order valence-electron chi connectivity index (χ4n) is 1.18. The molecular weight excluding hydrogens is 259 g/mol. The minimum Gasteiger partial charge on any atom is -0.0781 e. The molecule has 0 unspecified atom stereocenters. The smallest absolute Gasteiger partial charge is 0.0244 e. The molecule has 1 aromatic carbocycles. The number of benzene rings is 1. The van der Waals surface area contributed by atoms with E-state index < -0.39 is 0 Å². The number of halogens is 1. The van der Waals surface area contributed by atoms with E-state index in [1.54, 1.807) is 0 Å². The lowest BCUT2D eigenvalue weighted by atomic mass is 10.1. The Bertz CT molecular complexity index is 263. The summed E-state index contributed by atoms with van der Waals surface area (Å²) in [5, 5.41) is 0. The highest BCUT2D eigenvalue weighted by atomic mass is 127. The summed E-state index contributed by atoms with van der Waals surface area (Å²) in [4.78, 5) is 0. The Morgan fingerprint density at radius 2 is 2.25 bits per heavy atom. The predicted octanol–water partition coefficient (Wildman–Crippen LogP) is 3.88. The van der Waals surface area contributed by atoms with Gasteiger partial charge in [0.15, 0.2) is 0 Å². The lowest BCUT2D eigenvalue weighted by Crippen LogP contribution is -1.83. The molecule has 0 aliphatic heterocycles.